The number of fused-ring (bicyclic) bond motifs is 1. The van der Waals surface area contributed by atoms with Gasteiger partial charge in [0.05, 0.1) is 6.04 Å². The molecule has 6 heteroatoms. The topological polar surface area (TPSA) is 107 Å². The van der Waals surface area contributed by atoms with E-state index >= 15 is 0 Å². The third-order valence-corrected chi connectivity index (χ3v) is 3.47. The molecule has 0 aliphatic heterocycles. The first-order valence-electron chi connectivity index (χ1n) is 6.79. The van der Waals surface area contributed by atoms with Crippen molar-refractivity contribution >= 4 is 22.6 Å². The molecule has 0 radical (unpaired) electrons. The lowest BCUT2D eigenvalue weighted by Gasteiger charge is -2.20. The van der Waals surface area contributed by atoms with E-state index in [0.717, 1.165) is 16.3 Å². The molecule has 6 nitrogen and oxygen atoms in total. The second-order valence-corrected chi connectivity index (χ2v) is 5.03. The van der Waals surface area contributed by atoms with Crippen LogP contribution in [-0.2, 0) is 9.59 Å². The molecule has 2 aromatic carbocycles. The van der Waals surface area contributed by atoms with E-state index in [0.29, 0.717) is 0 Å². The molecule has 0 saturated carbocycles. The van der Waals surface area contributed by atoms with Crippen molar-refractivity contribution in [2.45, 2.75) is 25.2 Å². The Labute approximate surface area is 127 Å². The van der Waals surface area contributed by atoms with Crippen LogP contribution in [0.3, 0.4) is 0 Å². The van der Waals surface area contributed by atoms with Crippen molar-refractivity contribution in [2.75, 3.05) is 0 Å². The molecule has 0 heterocycles. The van der Waals surface area contributed by atoms with Crippen LogP contribution in [0.2, 0.25) is 0 Å². The highest BCUT2D eigenvalue weighted by Crippen LogP contribution is 2.24. The number of rotatable bonds is 5. The van der Waals surface area contributed by atoms with E-state index in [1.54, 1.807) is 6.92 Å². The average Bonchev–Trinajstić information content (AvgIpc) is 2.52. The molecular weight excluding hydrogens is 286 g/mol. The maximum atomic E-state index is 11.8. The number of carboxylic acids is 1. The van der Waals surface area contributed by atoms with E-state index in [4.69, 9.17) is 5.11 Å². The standard InChI is InChI=1S/C16H17NO5/c1-9(17-15(20)13(18)14(19)16(21)22)11-8-4-6-10-5-2-3-7-12(10)11/h2-9,13-14,18-19H,1H3,(H,17,20)(H,21,22)/t9?,13-,14-/m1/s1. The summed E-state index contributed by atoms with van der Waals surface area (Å²) < 4.78 is 0. The van der Waals surface area contributed by atoms with Crippen molar-refractivity contribution in [3.8, 4) is 0 Å². The quantitative estimate of drug-likeness (QED) is 0.654. The molecular formula is C16H17NO5. The largest absolute Gasteiger partial charge is 0.479 e. The van der Waals surface area contributed by atoms with Gasteiger partial charge >= 0.3 is 5.97 Å². The molecule has 2 rings (SSSR count). The Morgan fingerprint density at radius 1 is 1.00 bits per heavy atom. The summed E-state index contributed by atoms with van der Waals surface area (Å²) in [7, 11) is 0. The maximum absolute atomic E-state index is 11.8. The van der Waals surface area contributed by atoms with Crippen LogP contribution in [0.1, 0.15) is 18.5 Å². The Kier molecular flexibility index (Phi) is 4.75. The van der Waals surface area contributed by atoms with Gasteiger partial charge in [0.15, 0.2) is 12.2 Å². The molecule has 0 saturated heterocycles. The first-order valence-corrected chi connectivity index (χ1v) is 6.79. The third-order valence-electron chi connectivity index (χ3n) is 3.47. The fraction of sp³-hybridized carbons (Fsp3) is 0.250. The van der Waals surface area contributed by atoms with Crippen molar-refractivity contribution in [2.24, 2.45) is 0 Å². The van der Waals surface area contributed by atoms with Gasteiger partial charge in [0.25, 0.3) is 5.91 Å². The Morgan fingerprint density at radius 2 is 1.64 bits per heavy atom. The molecule has 0 aromatic heterocycles. The predicted molar refractivity (Wildman–Crippen MR) is 80.2 cm³/mol. The Bertz CT molecular complexity index is 695. The summed E-state index contributed by atoms with van der Waals surface area (Å²) in [6.45, 7) is 1.72. The number of benzene rings is 2. The lowest BCUT2D eigenvalue weighted by Crippen LogP contribution is -2.46. The molecule has 0 aliphatic carbocycles. The molecule has 2 aromatic rings. The number of carbonyl (C=O) groups is 2. The van der Waals surface area contributed by atoms with Gasteiger partial charge in [-0.3, -0.25) is 4.79 Å². The van der Waals surface area contributed by atoms with Crippen molar-refractivity contribution < 1.29 is 24.9 Å². The molecule has 4 N–H and O–H groups in total. The van der Waals surface area contributed by atoms with E-state index < -0.39 is 30.1 Å². The summed E-state index contributed by atoms with van der Waals surface area (Å²) >= 11 is 0. The van der Waals surface area contributed by atoms with E-state index in [9.17, 15) is 19.8 Å². The number of hydrogen-bond acceptors (Lipinski definition) is 4. The molecule has 0 bridgehead atoms. The Hall–Kier alpha value is -2.44. The summed E-state index contributed by atoms with van der Waals surface area (Å²) in [5, 5.41) is 31.8. The molecule has 1 unspecified atom stereocenters. The number of aliphatic carboxylic acids is 1. The van der Waals surface area contributed by atoms with Crippen molar-refractivity contribution in [1.82, 2.24) is 5.32 Å². The normalized spacial score (nSPS) is 15.0. The third kappa shape index (κ3) is 3.24. The van der Waals surface area contributed by atoms with Crippen LogP contribution < -0.4 is 5.32 Å². The number of aliphatic hydroxyl groups excluding tert-OH is 2. The summed E-state index contributed by atoms with van der Waals surface area (Å²) in [4.78, 5) is 22.4. The molecule has 0 spiro atoms. The average molecular weight is 303 g/mol. The summed E-state index contributed by atoms with van der Waals surface area (Å²) in [5.74, 6) is -2.59. The van der Waals surface area contributed by atoms with Crippen molar-refractivity contribution in [3.05, 3.63) is 48.0 Å². The van der Waals surface area contributed by atoms with Gasteiger partial charge in [0.1, 0.15) is 0 Å². The van der Waals surface area contributed by atoms with Gasteiger partial charge in [0.2, 0.25) is 0 Å². The molecule has 1 amide bonds. The van der Waals surface area contributed by atoms with Gasteiger partial charge in [-0.05, 0) is 23.3 Å². The highest BCUT2D eigenvalue weighted by molar-refractivity contribution is 5.89. The van der Waals surface area contributed by atoms with E-state index in [1.807, 2.05) is 42.5 Å². The SMILES string of the molecule is CC(NC(=O)[C@H](O)[C@@H](O)C(=O)O)c1cccc2ccccc12. The zero-order valence-corrected chi connectivity index (χ0v) is 11.9. The monoisotopic (exact) mass is 303 g/mol. The van der Waals surface area contributed by atoms with Gasteiger partial charge in [-0.15, -0.1) is 0 Å². The van der Waals surface area contributed by atoms with Gasteiger partial charge in [-0.25, -0.2) is 4.79 Å². The predicted octanol–water partition coefficient (Wildman–Crippen LogP) is 0.823. The Balaban J connectivity index is 2.19. The van der Waals surface area contributed by atoms with Gasteiger partial charge in [-0.1, -0.05) is 42.5 Å². The number of nitrogens with one attached hydrogen (secondary N) is 1. The number of amides is 1. The minimum absolute atomic E-state index is 0.450. The second kappa shape index (κ2) is 6.55. The van der Waals surface area contributed by atoms with Gasteiger partial charge in [0, 0.05) is 0 Å². The first-order chi connectivity index (χ1) is 10.4. The smallest absolute Gasteiger partial charge is 0.335 e. The Morgan fingerprint density at radius 3 is 2.32 bits per heavy atom. The fourth-order valence-corrected chi connectivity index (χ4v) is 2.28. The number of hydrogen-bond donors (Lipinski definition) is 4. The van der Waals surface area contributed by atoms with Crippen LogP contribution >= 0.6 is 0 Å². The van der Waals surface area contributed by atoms with Crippen LogP contribution in [0.15, 0.2) is 42.5 Å². The molecule has 0 aliphatic rings. The highest BCUT2D eigenvalue weighted by atomic mass is 16.4. The molecule has 116 valence electrons. The number of aliphatic hydroxyl groups is 2. The van der Waals surface area contributed by atoms with Crippen LogP contribution in [0.4, 0.5) is 0 Å². The van der Waals surface area contributed by atoms with E-state index in [1.165, 1.54) is 0 Å². The van der Waals surface area contributed by atoms with E-state index in [2.05, 4.69) is 5.32 Å². The van der Waals surface area contributed by atoms with Crippen LogP contribution in [0.5, 0.6) is 0 Å². The maximum Gasteiger partial charge on any atom is 0.335 e. The highest BCUT2D eigenvalue weighted by Gasteiger charge is 2.30. The molecule has 22 heavy (non-hydrogen) atoms. The van der Waals surface area contributed by atoms with Crippen LogP contribution in [-0.4, -0.2) is 39.4 Å². The van der Waals surface area contributed by atoms with E-state index in [-0.39, 0.29) is 0 Å². The summed E-state index contributed by atoms with van der Waals surface area (Å²) in [6.07, 6.45) is -4.17. The van der Waals surface area contributed by atoms with Crippen molar-refractivity contribution in [3.63, 3.8) is 0 Å². The molecule has 0 fully saturated rings. The minimum atomic E-state index is -2.15. The number of carboxylic acid groups (broad SMARTS) is 1. The summed E-state index contributed by atoms with van der Waals surface area (Å²) in [6, 6.07) is 12.8. The first kappa shape index (κ1) is 15.9. The van der Waals surface area contributed by atoms with Crippen molar-refractivity contribution in [1.29, 1.82) is 0 Å². The molecule has 3 atom stereocenters. The second-order valence-electron chi connectivity index (χ2n) is 5.03. The zero-order chi connectivity index (χ0) is 16.3. The fourth-order valence-electron chi connectivity index (χ4n) is 2.28. The minimum Gasteiger partial charge on any atom is -0.479 e. The van der Waals surface area contributed by atoms with Gasteiger partial charge < -0.3 is 20.6 Å². The zero-order valence-electron chi connectivity index (χ0n) is 11.9. The van der Waals surface area contributed by atoms with Crippen LogP contribution in [0, 0.1) is 0 Å². The van der Waals surface area contributed by atoms with Gasteiger partial charge in [-0.2, -0.15) is 0 Å². The number of carbonyl (C=O) groups excluding carboxylic acids is 1. The lowest BCUT2D eigenvalue weighted by molar-refractivity contribution is -0.158. The summed E-state index contributed by atoms with van der Waals surface area (Å²) in [5.41, 5.74) is 0.837. The lowest BCUT2D eigenvalue weighted by atomic mass is 9.99. The van der Waals surface area contributed by atoms with Crippen LogP contribution in [0.25, 0.3) is 10.8 Å².